The van der Waals surface area contributed by atoms with Crippen molar-refractivity contribution in [2.75, 3.05) is 6.61 Å². The van der Waals surface area contributed by atoms with E-state index in [2.05, 4.69) is 20.5 Å². The Bertz CT molecular complexity index is 1270. The van der Waals surface area contributed by atoms with Crippen LogP contribution in [0.15, 0.2) is 72.9 Å². The van der Waals surface area contributed by atoms with Gasteiger partial charge in [0.25, 0.3) is 5.91 Å². The second-order valence-corrected chi connectivity index (χ2v) is 8.05. The van der Waals surface area contributed by atoms with Gasteiger partial charge in [-0.15, -0.1) is 0 Å². The lowest BCUT2D eigenvalue weighted by atomic mass is 10.0. The molecule has 0 bridgehead atoms. The van der Waals surface area contributed by atoms with Gasteiger partial charge in [0.2, 0.25) is 0 Å². The summed E-state index contributed by atoms with van der Waals surface area (Å²) < 4.78 is 27.8. The van der Waals surface area contributed by atoms with Crippen LogP contribution in [-0.4, -0.2) is 45.0 Å². The van der Waals surface area contributed by atoms with Crippen LogP contribution in [-0.2, 0) is 6.42 Å². The van der Waals surface area contributed by atoms with E-state index in [9.17, 15) is 18.7 Å². The molecule has 0 unspecified atom stereocenters. The molecule has 174 valence electrons. The molecular formula is C25H21ClF2N4O2. The number of aliphatic hydroxyl groups excluding tert-OH is 1. The quantitative estimate of drug-likeness (QED) is 0.342. The number of hydrogen-bond acceptors (Lipinski definition) is 4. The second-order valence-electron chi connectivity index (χ2n) is 7.64. The molecule has 1 amide bonds. The number of carbonyl (C=O) groups is 1. The molecule has 2 aromatic heterocycles. The highest BCUT2D eigenvalue weighted by atomic mass is 35.5. The van der Waals surface area contributed by atoms with E-state index in [0.717, 1.165) is 0 Å². The topological polar surface area (TPSA) is 90.9 Å². The third-order valence-corrected chi connectivity index (χ3v) is 5.64. The van der Waals surface area contributed by atoms with Crippen LogP contribution in [0.1, 0.15) is 16.1 Å². The number of aromatic nitrogens is 3. The highest BCUT2D eigenvalue weighted by Crippen LogP contribution is 2.32. The fourth-order valence-electron chi connectivity index (χ4n) is 3.59. The van der Waals surface area contributed by atoms with Crippen LogP contribution >= 0.6 is 11.6 Å². The zero-order chi connectivity index (χ0) is 24.1. The molecule has 2 atom stereocenters. The molecular weight excluding hydrogens is 462 g/mol. The number of nitrogens with zero attached hydrogens (tertiary/aromatic N) is 2. The minimum Gasteiger partial charge on any atom is -0.393 e. The fourth-order valence-corrected chi connectivity index (χ4v) is 3.87. The van der Waals surface area contributed by atoms with E-state index >= 15 is 0 Å². The van der Waals surface area contributed by atoms with Crippen LogP contribution in [0.4, 0.5) is 8.78 Å². The van der Waals surface area contributed by atoms with Crippen molar-refractivity contribution in [2.45, 2.75) is 18.6 Å². The van der Waals surface area contributed by atoms with Crippen molar-refractivity contribution in [3.63, 3.8) is 0 Å². The van der Waals surface area contributed by atoms with Crippen molar-refractivity contribution in [2.24, 2.45) is 0 Å². The predicted molar refractivity (Wildman–Crippen MR) is 126 cm³/mol. The van der Waals surface area contributed by atoms with Gasteiger partial charge in [0.15, 0.2) is 0 Å². The van der Waals surface area contributed by atoms with Crippen LogP contribution in [0, 0.1) is 5.82 Å². The van der Waals surface area contributed by atoms with E-state index in [0.29, 0.717) is 33.2 Å². The largest absolute Gasteiger partial charge is 0.393 e. The van der Waals surface area contributed by atoms with Gasteiger partial charge in [0.05, 0.1) is 34.6 Å². The number of hydrogen-bond donors (Lipinski definition) is 3. The van der Waals surface area contributed by atoms with E-state index in [1.165, 1.54) is 12.1 Å². The average molecular weight is 483 g/mol. The minimum absolute atomic E-state index is 0.100. The molecule has 0 aliphatic heterocycles. The van der Waals surface area contributed by atoms with E-state index < -0.39 is 24.7 Å². The SMILES string of the molecule is O=C(N[C@@H](Cc1ccccn1)[C@H](F)CO)c1cccc(Cl)c1-c1cc(-c2ccc(F)cc2)n[nH]1. The minimum atomic E-state index is -1.69. The number of carbonyl (C=O) groups excluding carboxylic acids is 1. The van der Waals surface area contributed by atoms with Crippen molar-refractivity contribution in [3.05, 3.63) is 95.0 Å². The Hall–Kier alpha value is -3.62. The molecule has 2 heterocycles. The van der Waals surface area contributed by atoms with E-state index in [-0.39, 0.29) is 17.8 Å². The smallest absolute Gasteiger partial charge is 0.252 e. The molecule has 2 aromatic carbocycles. The number of H-pyrrole nitrogens is 1. The van der Waals surface area contributed by atoms with Crippen LogP contribution in [0.5, 0.6) is 0 Å². The summed E-state index contributed by atoms with van der Waals surface area (Å²) in [6.45, 7) is -0.748. The number of aliphatic hydroxyl groups is 1. The molecule has 0 aliphatic rings. The molecule has 6 nitrogen and oxygen atoms in total. The molecule has 0 radical (unpaired) electrons. The molecule has 4 rings (SSSR count). The monoisotopic (exact) mass is 482 g/mol. The molecule has 0 spiro atoms. The number of amides is 1. The standard InChI is InChI=1S/C25H21ClF2N4O2/c26-19-6-3-5-18(24(19)23-13-21(31-32-23)15-7-9-16(27)10-8-15)25(34)30-22(20(28)14-33)12-17-4-1-2-11-29-17/h1-11,13,20,22,33H,12,14H2,(H,30,34)(H,31,32)/t20-,22+/m1/s1. The molecule has 4 aromatic rings. The second kappa shape index (κ2) is 10.5. The molecule has 0 aliphatic carbocycles. The average Bonchev–Trinajstić information content (AvgIpc) is 3.33. The first-order valence-electron chi connectivity index (χ1n) is 10.5. The molecule has 0 saturated carbocycles. The third kappa shape index (κ3) is 5.30. The number of aromatic amines is 1. The Kier molecular flexibility index (Phi) is 7.30. The van der Waals surface area contributed by atoms with Gasteiger partial charge in [-0.1, -0.05) is 23.7 Å². The highest BCUT2D eigenvalue weighted by Gasteiger charge is 2.26. The lowest BCUT2D eigenvalue weighted by Crippen LogP contribution is -2.44. The van der Waals surface area contributed by atoms with Gasteiger partial charge in [-0.25, -0.2) is 8.78 Å². The highest BCUT2D eigenvalue weighted by molar-refractivity contribution is 6.34. The lowest BCUT2D eigenvalue weighted by molar-refractivity contribution is 0.0869. The van der Waals surface area contributed by atoms with Gasteiger partial charge in [-0.05, 0) is 54.6 Å². The summed E-state index contributed by atoms with van der Waals surface area (Å²) in [6, 6.07) is 16.6. The Labute approximate surface area is 199 Å². The number of alkyl halides is 1. The Morgan fingerprint density at radius 3 is 2.62 bits per heavy atom. The van der Waals surface area contributed by atoms with Crippen LogP contribution < -0.4 is 5.32 Å². The Balaban J connectivity index is 1.63. The van der Waals surface area contributed by atoms with Crippen molar-refractivity contribution in [1.82, 2.24) is 20.5 Å². The van der Waals surface area contributed by atoms with Crippen LogP contribution in [0.25, 0.3) is 22.5 Å². The normalized spacial score (nSPS) is 12.8. The van der Waals surface area contributed by atoms with Crippen molar-refractivity contribution >= 4 is 17.5 Å². The Morgan fingerprint density at radius 1 is 1.12 bits per heavy atom. The number of rotatable bonds is 8. The summed E-state index contributed by atoms with van der Waals surface area (Å²) >= 11 is 6.44. The number of halogens is 3. The van der Waals surface area contributed by atoms with E-state index in [1.54, 1.807) is 60.8 Å². The van der Waals surface area contributed by atoms with E-state index in [1.807, 2.05) is 0 Å². The summed E-state index contributed by atoms with van der Waals surface area (Å²) in [5.41, 5.74) is 2.86. The van der Waals surface area contributed by atoms with Crippen molar-refractivity contribution in [1.29, 1.82) is 0 Å². The zero-order valence-corrected chi connectivity index (χ0v) is 18.6. The number of pyridine rings is 1. The first-order chi connectivity index (χ1) is 16.5. The summed E-state index contributed by atoms with van der Waals surface area (Å²) in [5.74, 6) is -0.925. The lowest BCUT2D eigenvalue weighted by Gasteiger charge is -2.22. The molecule has 3 N–H and O–H groups in total. The van der Waals surface area contributed by atoms with Gasteiger partial charge < -0.3 is 10.4 Å². The molecule has 0 fully saturated rings. The maximum absolute atomic E-state index is 14.5. The predicted octanol–water partition coefficient (Wildman–Crippen LogP) is 4.60. The van der Waals surface area contributed by atoms with Crippen LogP contribution in [0.2, 0.25) is 5.02 Å². The maximum atomic E-state index is 14.5. The molecule has 9 heteroatoms. The number of benzene rings is 2. The van der Waals surface area contributed by atoms with Crippen molar-refractivity contribution in [3.8, 4) is 22.5 Å². The molecule has 34 heavy (non-hydrogen) atoms. The van der Waals surface area contributed by atoms with Crippen LogP contribution in [0.3, 0.4) is 0 Å². The maximum Gasteiger partial charge on any atom is 0.252 e. The zero-order valence-electron chi connectivity index (χ0n) is 17.9. The van der Waals surface area contributed by atoms with Gasteiger partial charge in [-0.3, -0.25) is 14.9 Å². The van der Waals surface area contributed by atoms with Gasteiger partial charge >= 0.3 is 0 Å². The summed E-state index contributed by atoms with van der Waals surface area (Å²) in [7, 11) is 0. The fraction of sp³-hybridized carbons (Fsp3) is 0.160. The van der Waals surface area contributed by atoms with Crippen molar-refractivity contribution < 1.29 is 18.7 Å². The number of nitrogens with one attached hydrogen (secondary N) is 2. The summed E-state index contributed by atoms with van der Waals surface area (Å²) in [4.78, 5) is 17.4. The van der Waals surface area contributed by atoms with Gasteiger partial charge in [0, 0.05) is 29.4 Å². The summed E-state index contributed by atoms with van der Waals surface area (Å²) in [6.07, 6.45) is -0.0131. The van der Waals surface area contributed by atoms with Gasteiger partial charge in [0.1, 0.15) is 12.0 Å². The first-order valence-corrected chi connectivity index (χ1v) is 10.9. The third-order valence-electron chi connectivity index (χ3n) is 5.33. The van der Waals surface area contributed by atoms with E-state index in [4.69, 9.17) is 11.6 Å². The molecule has 0 saturated heterocycles. The summed E-state index contributed by atoms with van der Waals surface area (Å²) in [5, 5.41) is 19.4. The Morgan fingerprint density at radius 2 is 1.91 bits per heavy atom. The van der Waals surface area contributed by atoms with Gasteiger partial charge in [-0.2, -0.15) is 5.10 Å². The first kappa shape index (κ1) is 23.5.